The molecule has 26 heavy (non-hydrogen) atoms. The van der Waals surface area contributed by atoms with Crippen molar-refractivity contribution in [3.05, 3.63) is 35.9 Å². The van der Waals surface area contributed by atoms with Gasteiger partial charge in [0, 0.05) is 50.7 Å². The molecule has 142 valence electrons. The van der Waals surface area contributed by atoms with Gasteiger partial charge >= 0.3 is 0 Å². The minimum Gasteiger partial charge on any atom is -0.493 e. The quantitative estimate of drug-likeness (QED) is 0.580. The van der Waals surface area contributed by atoms with Crippen molar-refractivity contribution in [2.24, 2.45) is 0 Å². The summed E-state index contributed by atoms with van der Waals surface area (Å²) >= 11 is 0. The molecule has 2 aromatic rings. The molecule has 8 nitrogen and oxygen atoms in total. The first-order chi connectivity index (χ1) is 12.7. The molecule has 0 fully saturated rings. The molecule has 0 saturated carbocycles. The van der Waals surface area contributed by atoms with Crippen LogP contribution in [0.1, 0.15) is 11.4 Å². The Morgan fingerprint density at radius 3 is 1.46 bits per heavy atom. The van der Waals surface area contributed by atoms with Crippen molar-refractivity contribution in [3.8, 4) is 23.0 Å². The molecule has 8 heteroatoms. The van der Waals surface area contributed by atoms with Gasteiger partial charge in [-0.05, 0) is 0 Å². The lowest BCUT2D eigenvalue weighted by molar-refractivity contribution is 0.347. The standard InChI is InChI=1S/C18H26N4O4/c1-23-15-5-7-21-13(17(15)25-3)11-19-9-10-20-12-14-18(26-4)16(24-2)6-8-22-14/h5-8,19-20H,9-12H2,1-4H3. The van der Waals surface area contributed by atoms with Crippen molar-refractivity contribution in [3.63, 3.8) is 0 Å². The zero-order chi connectivity index (χ0) is 18.8. The number of hydrogen-bond acceptors (Lipinski definition) is 8. The van der Waals surface area contributed by atoms with Crippen LogP contribution in [0.4, 0.5) is 0 Å². The maximum absolute atomic E-state index is 5.37. The van der Waals surface area contributed by atoms with Crippen LogP contribution < -0.4 is 29.6 Å². The molecule has 0 bridgehead atoms. The van der Waals surface area contributed by atoms with Crippen LogP contribution in [0.2, 0.25) is 0 Å². The third kappa shape index (κ3) is 4.96. The second-order valence-electron chi connectivity index (χ2n) is 5.34. The van der Waals surface area contributed by atoms with E-state index in [4.69, 9.17) is 18.9 Å². The molecule has 2 N–H and O–H groups in total. The number of nitrogens with zero attached hydrogens (tertiary/aromatic N) is 2. The molecule has 0 aliphatic rings. The summed E-state index contributed by atoms with van der Waals surface area (Å²) in [5.74, 6) is 2.66. The van der Waals surface area contributed by atoms with Gasteiger partial charge in [-0.25, -0.2) is 0 Å². The van der Waals surface area contributed by atoms with E-state index in [2.05, 4.69) is 20.6 Å². The number of pyridine rings is 2. The van der Waals surface area contributed by atoms with Crippen molar-refractivity contribution in [1.29, 1.82) is 0 Å². The lowest BCUT2D eigenvalue weighted by Gasteiger charge is -2.13. The first kappa shape index (κ1) is 19.7. The fourth-order valence-corrected chi connectivity index (χ4v) is 2.54. The Hall–Kier alpha value is -2.58. The van der Waals surface area contributed by atoms with Crippen LogP contribution in [-0.4, -0.2) is 51.5 Å². The molecule has 0 radical (unpaired) electrons. The number of nitrogens with one attached hydrogen (secondary N) is 2. The summed E-state index contributed by atoms with van der Waals surface area (Å²) in [6, 6.07) is 3.55. The lowest BCUT2D eigenvalue weighted by Crippen LogP contribution is -2.27. The van der Waals surface area contributed by atoms with Crippen molar-refractivity contribution < 1.29 is 18.9 Å². The van der Waals surface area contributed by atoms with Gasteiger partial charge in [0.1, 0.15) is 0 Å². The van der Waals surface area contributed by atoms with E-state index in [0.29, 0.717) is 36.1 Å². The van der Waals surface area contributed by atoms with Crippen LogP contribution in [0.15, 0.2) is 24.5 Å². The van der Waals surface area contributed by atoms with E-state index in [1.807, 2.05) is 0 Å². The highest BCUT2D eigenvalue weighted by molar-refractivity contribution is 5.43. The summed E-state index contributed by atoms with van der Waals surface area (Å²) in [5.41, 5.74) is 1.62. The van der Waals surface area contributed by atoms with E-state index in [0.717, 1.165) is 24.5 Å². The highest BCUT2D eigenvalue weighted by atomic mass is 16.5. The Morgan fingerprint density at radius 2 is 1.12 bits per heavy atom. The van der Waals surface area contributed by atoms with Gasteiger partial charge in [-0.2, -0.15) is 0 Å². The van der Waals surface area contributed by atoms with Crippen LogP contribution >= 0.6 is 0 Å². The summed E-state index contributed by atoms with van der Waals surface area (Å²) in [7, 11) is 6.44. The van der Waals surface area contributed by atoms with Crippen LogP contribution in [-0.2, 0) is 13.1 Å². The Morgan fingerprint density at radius 1 is 0.692 bits per heavy atom. The summed E-state index contributed by atoms with van der Waals surface area (Å²) in [6.45, 7) is 2.69. The summed E-state index contributed by atoms with van der Waals surface area (Å²) in [6.07, 6.45) is 3.41. The minimum absolute atomic E-state index is 0.586. The Kier molecular flexibility index (Phi) is 7.91. The first-order valence-corrected chi connectivity index (χ1v) is 8.28. The van der Waals surface area contributed by atoms with Gasteiger partial charge in [0.25, 0.3) is 0 Å². The molecule has 0 atom stereocenters. The van der Waals surface area contributed by atoms with Crippen molar-refractivity contribution in [1.82, 2.24) is 20.6 Å². The molecule has 0 spiro atoms. The van der Waals surface area contributed by atoms with Crippen LogP contribution in [0.5, 0.6) is 23.0 Å². The van der Waals surface area contributed by atoms with E-state index >= 15 is 0 Å². The van der Waals surface area contributed by atoms with Crippen LogP contribution in [0, 0.1) is 0 Å². The molecule has 0 amide bonds. The fraction of sp³-hybridized carbons (Fsp3) is 0.444. The Labute approximate surface area is 153 Å². The molecular formula is C18H26N4O4. The van der Waals surface area contributed by atoms with Crippen LogP contribution in [0.3, 0.4) is 0 Å². The SMILES string of the molecule is COc1ccnc(CNCCNCc2nccc(OC)c2OC)c1OC. The number of aromatic nitrogens is 2. The molecular weight excluding hydrogens is 336 g/mol. The molecule has 2 heterocycles. The molecule has 0 aliphatic carbocycles. The lowest BCUT2D eigenvalue weighted by atomic mass is 10.3. The van der Waals surface area contributed by atoms with E-state index in [1.165, 1.54) is 0 Å². The van der Waals surface area contributed by atoms with Gasteiger partial charge in [-0.3, -0.25) is 9.97 Å². The van der Waals surface area contributed by atoms with E-state index in [-0.39, 0.29) is 0 Å². The number of rotatable bonds is 11. The minimum atomic E-state index is 0.586. The van der Waals surface area contributed by atoms with Crippen molar-refractivity contribution >= 4 is 0 Å². The topological polar surface area (TPSA) is 86.8 Å². The number of methoxy groups -OCH3 is 4. The monoisotopic (exact) mass is 362 g/mol. The summed E-state index contributed by atoms with van der Waals surface area (Å²) < 4.78 is 21.3. The maximum Gasteiger partial charge on any atom is 0.183 e. The van der Waals surface area contributed by atoms with Gasteiger partial charge in [0.05, 0.1) is 39.8 Å². The zero-order valence-electron chi connectivity index (χ0n) is 15.7. The van der Waals surface area contributed by atoms with Gasteiger partial charge in [-0.1, -0.05) is 0 Å². The second-order valence-corrected chi connectivity index (χ2v) is 5.34. The molecule has 2 aromatic heterocycles. The molecule has 0 unspecified atom stereocenters. The average Bonchev–Trinajstić information content (AvgIpc) is 2.69. The second kappa shape index (κ2) is 10.4. The fourth-order valence-electron chi connectivity index (χ4n) is 2.54. The van der Waals surface area contributed by atoms with Gasteiger partial charge in [0.15, 0.2) is 23.0 Å². The van der Waals surface area contributed by atoms with Gasteiger partial charge in [-0.15, -0.1) is 0 Å². The highest BCUT2D eigenvalue weighted by Crippen LogP contribution is 2.29. The number of ether oxygens (including phenoxy) is 4. The number of hydrogen-bond donors (Lipinski definition) is 2. The predicted molar refractivity (Wildman–Crippen MR) is 98.1 cm³/mol. The maximum atomic E-state index is 5.37. The largest absolute Gasteiger partial charge is 0.493 e. The molecule has 2 rings (SSSR count). The van der Waals surface area contributed by atoms with Gasteiger partial charge < -0.3 is 29.6 Å². The normalized spacial score (nSPS) is 10.5. The first-order valence-electron chi connectivity index (χ1n) is 8.28. The van der Waals surface area contributed by atoms with E-state index < -0.39 is 0 Å². The smallest absolute Gasteiger partial charge is 0.183 e. The van der Waals surface area contributed by atoms with E-state index in [1.54, 1.807) is 53.0 Å². The van der Waals surface area contributed by atoms with Gasteiger partial charge in [0.2, 0.25) is 0 Å². The summed E-state index contributed by atoms with van der Waals surface area (Å²) in [5, 5.41) is 6.66. The third-order valence-corrected chi connectivity index (χ3v) is 3.80. The molecule has 0 saturated heterocycles. The summed E-state index contributed by atoms with van der Waals surface area (Å²) in [4.78, 5) is 8.67. The van der Waals surface area contributed by atoms with Crippen LogP contribution in [0.25, 0.3) is 0 Å². The predicted octanol–water partition coefficient (Wildman–Crippen LogP) is 1.39. The third-order valence-electron chi connectivity index (χ3n) is 3.80. The molecule has 0 aromatic carbocycles. The highest BCUT2D eigenvalue weighted by Gasteiger charge is 2.11. The Balaban J connectivity index is 1.79. The molecule has 0 aliphatic heterocycles. The average molecular weight is 362 g/mol. The zero-order valence-corrected chi connectivity index (χ0v) is 15.7. The van der Waals surface area contributed by atoms with Crippen molar-refractivity contribution in [2.75, 3.05) is 41.5 Å². The van der Waals surface area contributed by atoms with E-state index in [9.17, 15) is 0 Å². The Bertz CT molecular complexity index is 637. The van der Waals surface area contributed by atoms with Crippen molar-refractivity contribution in [2.45, 2.75) is 13.1 Å².